The summed E-state index contributed by atoms with van der Waals surface area (Å²) in [5.74, 6) is 0.0353. The number of alkyl halides is 3. The number of hydrogen-bond donors (Lipinski definition) is 1. The van der Waals surface area contributed by atoms with Gasteiger partial charge in [-0.05, 0) is 20.2 Å². The lowest BCUT2D eigenvalue weighted by atomic mass is 9.85. The number of nitrogens with zero attached hydrogens (tertiary/aromatic N) is 4. The third-order valence-corrected chi connectivity index (χ3v) is 3.95. The summed E-state index contributed by atoms with van der Waals surface area (Å²) < 4.78 is 42.8. The van der Waals surface area contributed by atoms with Crippen LogP contribution in [-0.2, 0) is 10.9 Å². The number of likely N-dealkylation sites (N-methyl/N-ethyl adjacent to an activating group) is 1. The highest BCUT2D eigenvalue weighted by Crippen LogP contribution is 2.34. The van der Waals surface area contributed by atoms with Crippen LogP contribution < -0.4 is 10.6 Å². The largest absolute Gasteiger partial charge is 0.450 e. The number of anilines is 1. The van der Waals surface area contributed by atoms with E-state index in [9.17, 15) is 18.0 Å². The maximum atomic E-state index is 12.7. The van der Waals surface area contributed by atoms with Crippen molar-refractivity contribution in [1.82, 2.24) is 14.9 Å². The molecule has 7 nitrogen and oxygen atoms in total. The van der Waals surface area contributed by atoms with Crippen molar-refractivity contribution >= 4 is 12.0 Å². The molecule has 0 aromatic carbocycles. The summed E-state index contributed by atoms with van der Waals surface area (Å²) in [6.07, 6.45) is -3.75. The van der Waals surface area contributed by atoms with Crippen molar-refractivity contribution in [2.45, 2.75) is 18.1 Å². The lowest BCUT2D eigenvalue weighted by molar-refractivity contribution is -0.141. The molecular weight excluding hydrogens is 315 g/mol. The lowest BCUT2D eigenvalue weighted by Gasteiger charge is -2.54. The number of nitrogens with two attached hydrogens (primary N) is 1. The number of ether oxygens (including phenoxy) is 1. The molecule has 1 amide bonds. The summed E-state index contributed by atoms with van der Waals surface area (Å²) in [5.41, 5.74) is 3.62. The molecule has 0 unspecified atom stereocenters. The SMILES string of the molecule is CN(C)C1(CCOC(N)=O)CN(c2nccc(C(F)(F)F)n2)C1. The van der Waals surface area contributed by atoms with E-state index in [1.807, 2.05) is 19.0 Å². The maximum Gasteiger partial charge on any atom is 0.433 e. The summed E-state index contributed by atoms with van der Waals surface area (Å²) in [4.78, 5) is 21.7. The van der Waals surface area contributed by atoms with Gasteiger partial charge < -0.3 is 20.3 Å². The molecule has 1 aliphatic heterocycles. The number of rotatable bonds is 5. The van der Waals surface area contributed by atoms with E-state index < -0.39 is 18.0 Å². The van der Waals surface area contributed by atoms with Crippen LogP contribution >= 0.6 is 0 Å². The van der Waals surface area contributed by atoms with Crippen molar-refractivity contribution in [2.75, 3.05) is 38.7 Å². The molecule has 128 valence electrons. The van der Waals surface area contributed by atoms with E-state index in [-0.39, 0.29) is 18.1 Å². The van der Waals surface area contributed by atoms with Gasteiger partial charge in [0.05, 0.1) is 12.1 Å². The molecule has 10 heteroatoms. The molecular formula is C13H18F3N5O2. The predicted octanol–water partition coefficient (Wildman–Crippen LogP) is 1.10. The number of primary amides is 1. The molecule has 0 aliphatic carbocycles. The van der Waals surface area contributed by atoms with Crippen LogP contribution in [0.2, 0.25) is 0 Å². The van der Waals surface area contributed by atoms with Crippen molar-refractivity contribution in [3.63, 3.8) is 0 Å². The Kier molecular flexibility index (Phi) is 4.64. The Morgan fingerprint density at radius 1 is 1.48 bits per heavy atom. The van der Waals surface area contributed by atoms with Gasteiger partial charge in [-0.15, -0.1) is 0 Å². The van der Waals surface area contributed by atoms with E-state index in [1.54, 1.807) is 4.90 Å². The van der Waals surface area contributed by atoms with Gasteiger partial charge in [-0.3, -0.25) is 0 Å². The van der Waals surface area contributed by atoms with E-state index in [4.69, 9.17) is 10.5 Å². The summed E-state index contributed by atoms with van der Waals surface area (Å²) in [5, 5.41) is 0. The first-order chi connectivity index (χ1) is 10.6. The van der Waals surface area contributed by atoms with Crippen molar-refractivity contribution in [3.8, 4) is 0 Å². The Hall–Kier alpha value is -2.10. The highest BCUT2D eigenvalue weighted by atomic mass is 19.4. The van der Waals surface area contributed by atoms with Crippen LogP contribution in [0.3, 0.4) is 0 Å². The Morgan fingerprint density at radius 3 is 2.65 bits per heavy atom. The molecule has 0 atom stereocenters. The normalized spacial score (nSPS) is 17.0. The molecule has 1 aliphatic rings. The standard InChI is InChI=1S/C13H18F3N5O2/c1-20(2)12(4-6-23-10(17)22)7-21(8-12)11-18-5-3-9(19-11)13(14,15)16/h3,5H,4,6-8H2,1-2H3,(H2,17,22). The van der Waals surface area contributed by atoms with E-state index in [2.05, 4.69) is 9.97 Å². The van der Waals surface area contributed by atoms with E-state index in [0.29, 0.717) is 19.5 Å². The number of halogens is 3. The minimum absolute atomic E-state index is 0.0353. The number of carbonyl (C=O) groups is 1. The van der Waals surface area contributed by atoms with Gasteiger partial charge in [-0.2, -0.15) is 13.2 Å². The Balaban J connectivity index is 2.04. The molecule has 1 aromatic heterocycles. The van der Waals surface area contributed by atoms with Crippen LogP contribution in [0.15, 0.2) is 12.3 Å². The zero-order valence-corrected chi connectivity index (χ0v) is 12.8. The van der Waals surface area contributed by atoms with Gasteiger partial charge in [0, 0.05) is 25.7 Å². The third-order valence-electron chi connectivity index (χ3n) is 3.95. The second kappa shape index (κ2) is 6.19. The van der Waals surface area contributed by atoms with Gasteiger partial charge in [-0.1, -0.05) is 0 Å². The number of hydrogen-bond acceptors (Lipinski definition) is 6. The van der Waals surface area contributed by atoms with Crippen molar-refractivity contribution in [3.05, 3.63) is 18.0 Å². The minimum Gasteiger partial charge on any atom is -0.450 e. The van der Waals surface area contributed by atoms with Crippen LogP contribution in [-0.4, -0.2) is 60.3 Å². The summed E-state index contributed by atoms with van der Waals surface area (Å²) >= 11 is 0. The zero-order chi connectivity index (χ0) is 17.3. The average Bonchev–Trinajstić information content (AvgIpc) is 2.40. The van der Waals surface area contributed by atoms with Crippen molar-refractivity contribution < 1.29 is 22.7 Å². The van der Waals surface area contributed by atoms with Crippen molar-refractivity contribution in [2.24, 2.45) is 5.73 Å². The monoisotopic (exact) mass is 333 g/mol. The molecule has 2 heterocycles. The Morgan fingerprint density at radius 2 is 2.13 bits per heavy atom. The van der Waals surface area contributed by atoms with E-state index in [1.165, 1.54) is 0 Å². The van der Waals surface area contributed by atoms with Crippen LogP contribution in [0, 0.1) is 0 Å². The first-order valence-electron chi connectivity index (χ1n) is 6.89. The molecule has 1 aromatic rings. The highest BCUT2D eigenvalue weighted by Gasteiger charge is 2.46. The smallest absolute Gasteiger partial charge is 0.433 e. The molecule has 2 N–H and O–H groups in total. The molecule has 0 bridgehead atoms. The van der Waals surface area contributed by atoms with Gasteiger partial charge in [0.1, 0.15) is 5.69 Å². The maximum absolute atomic E-state index is 12.7. The first kappa shape index (κ1) is 17.3. The average molecular weight is 333 g/mol. The topological polar surface area (TPSA) is 84.6 Å². The molecule has 0 saturated carbocycles. The molecule has 23 heavy (non-hydrogen) atoms. The van der Waals surface area contributed by atoms with Crippen LogP contribution in [0.5, 0.6) is 0 Å². The molecule has 0 radical (unpaired) electrons. The van der Waals surface area contributed by atoms with Gasteiger partial charge in [0.25, 0.3) is 0 Å². The lowest BCUT2D eigenvalue weighted by Crippen LogP contribution is -2.69. The minimum atomic E-state index is -4.50. The highest BCUT2D eigenvalue weighted by molar-refractivity contribution is 5.64. The van der Waals surface area contributed by atoms with Gasteiger partial charge in [0.15, 0.2) is 0 Å². The number of carbonyl (C=O) groups excluding carboxylic acids is 1. The quantitative estimate of drug-likeness (QED) is 0.869. The van der Waals surface area contributed by atoms with E-state index >= 15 is 0 Å². The van der Waals surface area contributed by atoms with Gasteiger partial charge in [0.2, 0.25) is 5.95 Å². The third kappa shape index (κ3) is 3.81. The Labute approximate surface area is 131 Å². The number of amides is 1. The Bertz CT molecular complexity index is 573. The fourth-order valence-electron chi connectivity index (χ4n) is 2.47. The van der Waals surface area contributed by atoms with E-state index in [0.717, 1.165) is 12.3 Å². The fourth-order valence-corrected chi connectivity index (χ4v) is 2.47. The second-order valence-electron chi connectivity index (χ2n) is 5.63. The number of aromatic nitrogens is 2. The van der Waals surface area contributed by atoms with Crippen LogP contribution in [0.1, 0.15) is 12.1 Å². The molecule has 0 spiro atoms. The first-order valence-corrected chi connectivity index (χ1v) is 6.89. The van der Waals surface area contributed by atoms with Gasteiger partial charge >= 0.3 is 12.3 Å². The molecule has 1 fully saturated rings. The zero-order valence-electron chi connectivity index (χ0n) is 12.8. The predicted molar refractivity (Wildman–Crippen MR) is 75.8 cm³/mol. The molecule has 2 rings (SSSR count). The fraction of sp³-hybridized carbons (Fsp3) is 0.615. The summed E-state index contributed by atoms with van der Waals surface area (Å²) in [7, 11) is 3.71. The van der Waals surface area contributed by atoms with Gasteiger partial charge in [-0.25, -0.2) is 14.8 Å². The molecule has 1 saturated heterocycles. The van der Waals surface area contributed by atoms with Crippen LogP contribution in [0.4, 0.5) is 23.9 Å². The second-order valence-corrected chi connectivity index (χ2v) is 5.63. The summed E-state index contributed by atoms with van der Waals surface area (Å²) in [6.45, 7) is 1.01. The summed E-state index contributed by atoms with van der Waals surface area (Å²) in [6, 6.07) is 0.836. The van der Waals surface area contributed by atoms with Crippen molar-refractivity contribution in [1.29, 1.82) is 0 Å². The van der Waals surface area contributed by atoms with Crippen LogP contribution in [0.25, 0.3) is 0 Å².